The summed E-state index contributed by atoms with van der Waals surface area (Å²) in [5, 5.41) is 2.97. The van der Waals surface area contributed by atoms with Gasteiger partial charge in [0.2, 0.25) is 0 Å². The molecule has 2 rings (SSSR count). The number of hydrogen-bond acceptors (Lipinski definition) is 2. The normalized spacial score (nSPS) is 23.9. The second kappa shape index (κ2) is 6.41. The quantitative estimate of drug-likeness (QED) is 0.864. The molecule has 1 aliphatic carbocycles. The summed E-state index contributed by atoms with van der Waals surface area (Å²) in [6.07, 6.45) is 5.68. The van der Waals surface area contributed by atoms with Crippen LogP contribution in [0.4, 0.5) is 0 Å². The Morgan fingerprint density at radius 1 is 1.50 bits per heavy atom. The van der Waals surface area contributed by atoms with Crippen molar-refractivity contribution >= 4 is 21.8 Å². The van der Waals surface area contributed by atoms with Crippen LogP contribution in [0.15, 0.2) is 16.5 Å². The number of hydrogen-bond donors (Lipinski definition) is 1. The van der Waals surface area contributed by atoms with Crippen molar-refractivity contribution in [3.05, 3.63) is 23.7 Å². The lowest BCUT2D eigenvalue weighted by Gasteiger charge is -2.25. The molecule has 4 heteroatoms. The first-order valence-electron chi connectivity index (χ1n) is 6.70. The van der Waals surface area contributed by atoms with E-state index >= 15 is 0 Å². The fraction of sp³-hybridized carbons (Fsp3) is 0.643. The van der Waals surface area contributed by atoms with Crippen molar-refractivity contribution in [2.24, 2.45) is 5.92 Å². The van der Waals surface area contributed by atoms with E-state index < -0.39 is 0 Å². The monoisotopic (exact) mass is 313 g/mol. The van der Waals surface area contributed by atoms with Gasteiger partial charge in [-0.1, -0.05) is 29.3 Å². The molecule has 1 fully saturated rings. The van der Waals surface area contributed by atoms with E-state index in [1.54, 1.807) is 6.07 Å². The van der Waals surface area contributed by atoms with E-state index in [9.17, 15) is 4.79 Å². The highest BCUT2D eigenvalue weighted by Gasteiger charge is 2.21. The summed E-state index contributed by atoms with van der Waals surface area (Å²) in [5.74, 6) is 1.79. The van der Waals surface area contributed by atoms with E-state index in [1.807, 2.05) is 13.0 Å². The van der Waals surface area contributed by atoms with Crippen molar-refractivity contribution in [2.45, 2.75) is 43.9 Å². The molecule has 2 unspecified atom stereocenters. The van der Waals surface area contributed by atoms with Crippen molar-refractivity contribution in [1.82, 2.24) is 5.32 Å². The van der Waals surface area contributed by atoms with E-state index in [0.29, 0.717) is 16.5 Å². The van der Waals surface area contributed by atoms with E-state index in [4.69, 9.17) is 4.42 Å². The molecule has 1 saturated carbocycles. The van der Waals surface area contributed by atoms with Gasteiger partial charge in [0.05, 0.1) is 0 Å². The Morgan fingerprint density at radius 3 is 3.00 bits per heavy atom. The largest absolute Gasteiger partial charge is 0.456 e. The summed E-state index contributed by atoms with van der Waals surface area (Å²) in [7, 11) is 0. The Morgan fingerprint density at radius 2 is 2.33 bits per heavy atom. The summed E-state index contributed by atoms with van der Waals surface area (Å²) >= 11 is 3.66. The molecule has 2 atom stereocenters. The van der Waals surface area contributed by atoms with Gasteiger partial charge < -0.3 is 9.73 Å². The van der Waals surface area contributed by atoms with Gasteiger partial charge in [-0.3, -0.25) is 4.79 Å². The molecule has 3 nitrogen and oxygen atoms in total. The fourth-order valence-corrected chi connectivity index (χ4v) is 3.28. The maximum atomic E-state index is 11.9. The number of carbonyl (C=O) groups is 1. The summed E-state index contributed by atoms with van der Waals surface area (Å²) in [5.41, 5.74) is 0. The highest BCUT2D eigenvalue weighted by atomic mass is 79.9. The summed E-state index contributed by atoms with van der Waals surface area (Å²) < 4.78 is 5.43. The van der Waals surface area contributed by atoms with Gasteiger partial charge in [0, 0.05) is 17.8 Å². The molecule has 1 N–H and O–H groups in total. The summed E-state index contributed by atoms with van der Waals surface area (Å²) in [6, 6.07) is 3.62. The maximum absolute atomic E-state index is 11.9. The van der Waals surface area contributed by atoms with Gasteiger partial charge in [0.15, 0.2) is 5.76 Å². The molecule has 0 aromatic carbocycles. The average Bonchev–Trinajstić information content (AvgIpc) is 2.85. The molecule has 0 bridgehead atoms. The second-order valence-corrected chi connectivity index (χ2v) is 6.25. The van der Waals surface area contributed by atoms with Gasteiger partial charge in [-0.2, -0.15) is 0 Å². The first-order valence-corrected chi connectivity index (χ1v) is 7.61. The van der Waals surface area contributed by atoms with Gasteiger partial charge in [-0.15, -0.1) is 0 Å². The van der Waals surface area contributed by atoms with Gasteiger partial charge in [0.25, 0.3) is 5.91 Å². The van der Waals surface area contributed by atoms with Crippen molar-refractivity contribution in [1.29, 1.82) is 0 Å². The smallest absolute Gasteiger partial charge is 0.287 e. The molecule has 100 valence electrons. The zero-order valence-corrected chi connectivity index (χ0v) is 12.3. The van der Waals surface area contributed by atoms with Gasteiger partial charge >= 0.3 is 0 Å². The number of rotatable bonds is 4. The number of halogens is 1. The van der Waals surface area contributed by atoms with Crippen LogP contribution >= 0.6 is 15.9 Å². The predicted molar refractivity (Wildman–Crippen MR) is 75.1 cm³/mol. The molecule has 1 aliphatic rings. The minimum atomic E-state index is -0.0913. The van der Waals surface area contributed by atoms with Crippen LogP contribution in [0.2, 0.25) is 0 Å². The highest BCUT2D eigenvalue weighted by molar-refractivity contribution is 9.09. The molecule has 0 radical (unpaired) electrons. The molecule has 18 heavy (non-hydrogen) atoms. The maximum Gasteiger partial charge on any atom is 0.287 e. The Kier molecular flexibility index (Phi) is 4.87. The van der Waals surface area contributed by atoms with E-state index in [0.717, 1.165) is 25.1 Å². The first kappa shape index (κ1) is 13.7. The Balaban J connectivity index is 1.80. The Labute approximate surface area is 116 Å². The molecule has 0 aliphatic heterocycles. The SMILES string of the molecule is CCc1ccc(C(=O)NCC2CCCC(Br)C2)o1. The van der Waals surface area contributed by atoms with Crippen LogP contribution in [-0.2, 0) is 6.42 Å². The van der Waals surface area contributed by atoms with Gasteiger partial charge in [-0.25, -0.2) is 0 Å². The zero-order chi connectivity index (χ0) is 13.0. The lowest BCUT2D eigenvalue weighted by molar-refractivity contribution is 0.0914. The van der Waals surface area contributed by atoms with Crippen LogP contribution in [0.3, 0.4) is 0 Å². The van der Waals surface area contributed by atoms with Crippen LogP contribution in [0.5, 0.6) is 0 Å². The van der Waals surface area contributed by atoms with E-state index in [2.05, 4.69) is 21.2 Å². The third-order valence-electron chi connectivity index (χ3n) is 3.50. The van der Waals surface area contributed by atoms with Crippen LogP contribution in [0.25, 0.3) is 0 Å². The lowest BCUT2D eigenvalue weighted by atomic mass is 9.89. The van der Waals surface area contributed by atoms with Crippen molar-refractivity contribution < 1.29 is 9.21 Å². The summed E-state index contributed by atoms with van der Waals surface area (Å²) in [4.78, 5) is 12.5. The summed E-state index contributed by atoms with van der Waals surface area (Å²) in [6.45, 7) is 2.77. The zero-order valence-electron chi connectivity index (χ0n) is 10.7. The van der Waals surface area contributed by atoms with Gasteiger partial charge in [-0.05, 0) is 37.3 Å². The van der Waals surface area contributed by atoms with Crippen LogP contribution in [-0.4, -0.2) is 17.3 Å². The number of carbonyl (C=O) groups excluding carboxylic acids is 1. The highest BCUT2D eigenvalue weighted by Crippen LogP contribution is 2.28. The van der Waals surface area contributed by atoms with Crippen LogP contribution < -0.4 is 5.32 Å². The molecule has 1 aromatic rings. The number of amides is 1. The van der Waals surface area contributed by atoms with E-state index in [-0.39, 0.29) is 5.91 Å². The third-order valence-corrected chi connectivity index (χ3v) is 4.34. The Hall–Kier alpha value is -0.770. The van der Waals surface area contributed by atoms with Gasteiger partial charge in [0.1, 0.15) is 5.76 Å². The number of aryl methyl sites for hydroxylation is 1. The minimum absolute atomic E-state index is 0.0913. The van der Waals surface area contributed by atoms with E-state index in [1.165, 1.54) is 19.3 Å². The lowest BCUT2D eigenvalue weighted by Crippen LogP contribution is -2.31. The number of furan rings is 1. The second-order valence-electron chi connectivity index (χ2n) is 4.96. The first-order chi connectivity index (χ1) is 8.69. The molecule has 1 amide bonds. The standard InChI is InChI=1S/C14H20BrNO2/c1-2-12-6-7-13(18-12)14(17)16-9-10-4-3-5-11(15)8-10/h6-7,10-11H,2-5,8-9H2,1H3,(H,16,17). The molecule has 0 spiro atoms. The number of nitrogens with one attached hydrogen (secondary N) is 1. The fourth-order valence-electron chi connectivity index (χ4n) is 2.42. The Bertz CT molecular complexity index is 402. The molecule has 0 saturated heterocycles. The molecule has 1 heterocycles. The molecule has 1 aromatic heterocycles. The minimum Gasteiger partial charge on any atom is -0.456 e. The van der Waals surface area contributed by atoms with Crippen molar-refractivity contribution in [3.8, 4) is 0 Å². The number of alkyl halides is 1. The predicted octanol–water partition coefficient (Wildman–Crippen LogP) is 3.53. The van der Waals surface area contributed by atoms with Crippen molar-refractivity contribution in [2.75, 3.05) is 6.54 Å². The van der Waals surface area contributed by atoms with Crippen LogP contribution in [0, 0.1) is 5.92 Å². The van der Waals surface area contributed by atoms with Crippen molar-refractivity contribution in [3.63, 3.8) is 0 Å². The molecular formula is C14H20BrNO2. The topological polar surface area (TPSA) is 42.2 Å². The third kappa shape index (κ3) is 3.61. The average molecular weight is 314 g/mol. The van der Waals surface area contributed by atoms with Crippen LogP contribution in [0.1, 0.15) is 48.9 Å². The molecular weight excluding hydrogens is 294 g/mol.